The normalized spacial score (nSPS) is 10.5. The molecule has 0 radical (unpaired) electrons. The highest BCUT2D eigenvalue weighted by Crippen LogP contribution is 2.32. The molecule has 24 heavy (non-hydrogen) atoms. The van der Waals surface area contributed by atoms with Gasteiger partial charge in [0.15, 0.2) is 16.9 Å². The van der Waals surface area contributed by atoms with E-state index in [4.69, 9.17) is 18.6 Å². The highest BCUT2D eigenvalue weighted by Gasteiger charge is 2.18. The lowest BCUT2D eigenvalue weighted by atomic mass is 10.1. The molecule has 1 aromatic carbocycles. The third-order valence-electron chi connectivity index (χ3n) is 3.35. The highest BCUT2D eigenvalue weighted by molar-refractivity contribution is 5.84. The fraction of sp³-hybridized carbons (Fsp3) is 0.353. The predicted molar refractivity (Wildman–Crippen MR) is 85.4 cm³/mol. The van der Waals surface area contributed by atoms with Gasteiger partial charge in [0.25, 0.3) is 0 Å². The number of hydrogen-bond acceptors (Lipinski definition) is 7. The fourth-order valence-electron chi connectivity index (χ4n) is 2.31. The molecule has 0 bridgehead atoms. The number of aryl methyl sites for hydroxylation is 1. The van der Waals surface area contributed by atoms with Crippen LogP contribution in [0.5, 0.6) is 11.5 Å². The van der Waals surface area contributed by atoms with Crippen molar-refractivity contribution in [3.63, 3.8) is 0 Å². The maximum atomic E-state index is 12.7. The second-order valence-corrected chi connectivity index (χ2v) is 5.04. The minimum atomic E-state index is -0.523. The first-order chi connectivity index (χ1) is 11.4. The number of hydrogen-bond donors (Lipinski definition) is 0. The van der Waals surface area contributed by atoms with Crippen LogP contribution >= 0.6 is 0 Å². The molecule has 0 atom stereocenters. The predicted octanol–water partition coefficient (Wildman–Crippen LogP) is 2.14. The van der Waals surface area contributed by atoms with E-state index in [0.29, 0.717) is 5.76 Å². The van der Waals surface area contributed by atoms with Gasteiger partial charge in [-0.25, -0.2) is 0 Å². The van der Waals surface area contributed by atoms with Gasteiger partial charge in [0.1, 0.15) is 11.3 Å². The van der Waals surface area contributed by atoms with Crippen LogP contribution in [0.1, 0.15) is 25.2 Å². The SMILES string of the molecule is CCOC(=O)Cc1c(C)oc2cc(OC(C)=O)c(OC)cc2c1=O. The van der Waals surface area contributed by atoms with E-state index < -0.39 is 11.9 Å². The summed E-state index contributed by atoms with van der Waals surface area (Å²) in [4.78, 5) is 35.5. The van der Waals surface area contributed by atoms with E-state index in [1.165, 1.54) is 26.2 Å². The van der Waals surface area contributed by atoms with Gasteiger partial charge in [0, 0.05) is 18.6 Å². The minimum Gasteiger partial charge on any atom is -0.493 e. The van der Waals surface area contributed by atoms with E-state index >= 15 is 0 Å². The zero-order valence-electron chi connectivity index (χ0n) is 13.9. The van der Waals surface area contributed by atoms with Crippen molar-refractivity contribution in [3.8, 4) is 11.5 Å². The van der Waals surface area contributed by atoms with Crippen LogP contribution in [-0.4, -0.2) is 25.7 Å². The Hall–Kier alpha value is -2.83. The van der Waals surface area contributed by atoms with Crippen LogP contribution in [0, 0.1) is 6.92 Å². The van der Waals surface area contributed by atoms with Gasteiger partial charge < -0.3 is 18.6 Å². The molecular formula is C17H18O7. The average molecular weight is 334 g/mol. The highest BCUT2D eigenvalue weighted by atomic mass is 16.6. The first-order valence-electron chi connectivity index (χ1n) is 7.35. The van der Waals surface area contributed by atoms with E-state index in [1.807, 2.05) is 0 Å². The zero-order valence-corrected chi connectivity index (χ0v) is 13.9. The van der Waals surface area contributed by atoms with Crippen molar-refractivity contribution in [2.75, 3.05) is 13.7 Å². The molecule has 0 fully saturated rings. The molecule has 1 aromatic heterocycles. The first-order valence-corrected chi connectivity index (χ1v) is 7.35. The van der Waals surface area contributed by atoms with Gasteiger partial charge in [0.2, 0.25) is 0 Å². The van der Waals surface area contributed by atoms with E-state index in [9.17, 15) is 14.4 Å². The van der Waals surface area contributed by atoms with E-state index in [2.05, 4.69) is 0 Å². The van der Waals surface area contributed by atoms with Crippen LogP contribution in [0.15, 0.2) is 21.3 Å². The van der Waals surface area contributed by atoms with E-state index in [-0.39, 0.29) is 46.5 Å². The van der Waals surface area contributed by atoms with Crippen molar-refractivity contribution in [2.24, 2.45) is 0 Å². The molecule has 0 saturated heterocycles. The van der Waals surface area contributed by atoms with Gasteiger partial charge in [-0.15, -0.1) is 0 Å². The molecule has 7 heteroatoms. The van der Waals surface area contributed by atoms with Crippen LogP contribution in [0.2, 0.25) is 0 Å². The van der Waals surface area contributed by atoms with Gasteiger partial charge in [-0.2, -0.15) is 0 Å². The number of benzene rings is 1. The fourth-order valence-corrected chi connectivity index (χ4v) is 2.31. The van der Waals surface area contributed by atoms with Crippen LogP contribution in [0.3, 0.4) is 0 Å². The van der Waals surface area contributed by atoms with Crippen LogP contribution in [0.4, 0.5) is 0 Å². The van der Waals surface area contributed by atoms with Crippen molar-refractivity contribution in [1.82, 2.24) is 0 Å². The number of methoxy groups -OCH3 is 1. The van der Waals surface area contributed by atoms with Gasteiger partial charge in [0.05, 0.1) is 25.5 Å². The molecule has 1 heterocycles. The lowest BCUT2D eigenvalue weighted by Crippen LogP contribution is -2.18. The molecule has 2 aromatic rings. The maximum absolute atomic E-state index is 12.7. The minimum absolute atomic E-state index is 0.151. The average Bonchev–Trinajstić information content (AvgIpc) is 2.50. The van der Waals surface area contributed by atoms with Crippen molar-refractivity contribution in [1.29, 1.82) is 0 Å². The number of rotatable bonds is 5. The smallest absolute Gasteiger partial charge is 0.310 e. The number of fused-ring (bicyclic) bond motifs is 1. The summed E-state index contributed by atoms with van der Waals surface area (Å²) >= 11 is 0. The molecular weight excluding hydrogens is 316 g/mol. The summed E-state index contributed by atoms with van der Waals surface area (Å²) in [6.45, 7) is 4.77. The molecule has 0 spiro atoms. The molecule has 0 amide bonds. The number of ether oxygens (including phenoxy) is 3. The van der Waals surface area contributed by atoms with Crippen LogP contribution in [0.25, 0.3) is 11.0 Å². The summed E-state index contributed by atoms with van der Waals surface area (Å²) in [6.07, 6.45) is -0.175. The third kappa shape index (κ3) is 3.56. The lowest BCUT2D eigenvalue weighted by Gasteiger charge is -2.11. The Bertz CT molecular complexity index is 848. The molecule has 0 aliphatic carbocycles. The first kappa shape index (κ1) is 17.5. The topological polar surface area (TPSA) is 92.0 Å². The largest absolute Gasteiger partial charge is 0.493 e. The molecule has 0 saturated carbocycles. The second-order valence-electron chi connectivity index (χ2n) is 5.04. The Morgan fingerprint density at radius 3 is 2.50 bits per heavy atom. The Morgan fingerprint density at radius 2 is 1.92 bits per heavy atom. The monoisotopic (exact) mass is 334 g/mol. The summed E-state index contributed by atoms with van der Waals surface area (Å²) in [7, 11) is 1.39. The van der Waals surface area contributed by atoms with Gasteiger partial charge >= 0.3 is 11.9 Å². The second kappa shape index (κ2) is 7.16. The molecule has 7 nitrogen and oxygen atoms in total. The summed E-state index contributed by atoms with van der Waals surface area (Å²) in [5.41, 5.74) is 0.111. The summed E-state index contributed by atoms with van der Waals surface area (Å²) in [5.74, 6) is -0.352. The Kier molecular flexibility index (Phi) is 5.23. The maximum Gasteiger partial charge on any atom is 0.310 e. The van der Waals surface area contributed by atoms with Crippen molar-refractivity contribution < 1.29 is 28.2 Å². The number of esters is 2. The van der Waals surface area contributed by atoms with Gasteiger partial charge in [-0.3, -0.25) is 14.4 Å². The summed E-state index contributed by atoms with van der Waals surface area (Å²) in [5, 5.41) is 0.229. The number of carbonyl (C=O) groups excluding carboxylic acids is 2. The van der Waals surface area contributed by atoms with Gasteiger partial charge in [-0.1, -0.05) is 0 Å². The standard InChI is InChI=1S/C17H18O7/c1-5-22-16(19)7-11-9(2)23-13-8-15(24-10(3)18)14(21-4)6-12(13)17(11)20/h6,8H,5,7H2,1-4H3. The van der Waals surface area contributed by atoms with Crippen molar-refractivity contribution >= 4 is 22.9 Å². The number of carbonyl (C=O) groups is 2. The summed E-state index contributed by atoms with van der Waals surface area (Å²) in [6, 6.07) is 2.84. The Morgan fingerprint density at radius 1 is 1.21 bits per heavy atom. The Labute approximate surface area is 138 Å². The van der Waals surface area contributed by atoms with Crippen LogP contribution < -0.4 is 14.9 Å². The third-order valence-corrected chi connectivity index (χ3v) is 3.35. The molecule has 128 valence electrons. The van der Waals surface area contributed by atoms with Crippen molar-refractivity contribution in [2.45, 2.75) is 27.2 Å². The van der Waals surface area contributed by atoms with Crippen molar-refractivity contribution in [3.05, 3.63) is 33.7 Å². The molecule has 2 rings (SSSR count). The van der Waals surface area contributed by atoms with E-state index in [0.717, 1.165) is 0 Å². The Balaban J connectivity index is 2.60. The summed E-state index contributed by atoms with van der Waals surface area (Å²) < 4.78 is 20.7. The molecule has 0 N–H and O–H groups in total. The van der Waals surface area contributed by atoms with E-state index in [1.54, 1.807) is 13.8 Å². The molecule has 0 unspecified atom stereocenters. The van der Waals surface area contributed by atoms with Crippen LogP contribution in [-0.2, 0) is 20.7 Å². The van der Waals surface area contributed by atoms with Gasteiger partial charge in [-0.05, 0) is 19.9 Å². The molecule has 0 aliphatic rings. The molecule has 0 aliphatic heterocycles. The quantitative estimate of drug-likeness (QED) is 0.611. The zero-order chi connectivity index (χ0) is 17.9. The lowest BCUT2D eigenvalue weighted by molar-refractivity contribution is -0.142.